The molecule has 1 atom stereocenters. The van der Waals surface area contributed by atoms with Gasteiger partial charge in [-0.15, -0.1) is 0 Å². The van der Waals surface area contributed by atoms with Crippen molar-refractivity contribution >= 4 is 0 Å². The van der Waals surface area contributed by atoms with Crippen LogP contribution in [-0.4, -0.2) is 51.2 Å². The number of nitrogens with one attached hydrogen (secondary N) is 1. The Morgan fingerprint density at radius 3 is 2.12 bits per heavy atom. The maximum absolute atomic E-state index is 5.72. The minimum atomic E-state index is 0.0787. The van der Waals surface area contributed by atoms with Crippen molar-refractivity contribution in [2.45, 2.75) is 52.4 Å². The lowest BCUT2D eigenvalue weighted by Crippen LogP contribution is -2.43. The van der Waals surface area contributed by atoms with Crippen molar-refractivity contribution in [3.63, 3.8) is 0 Å². The molecule has 0 saturated carbocycles. The summed E-state index contributed by atoms with van der Waals surface area (Å²) in [6.45, 7) is 13.1. The van der Waals surface area contributed by atoms with Gasteiger partial charge in [-0.3, -0.25) is 0 Å². The van der Waals surface area contributed by atoms with Gasteiger partial charge in [-0.05, 0) is 34.6 Å². The van der Waals surface area contributed by atoms with Gasteiger partial charge in [-0.1, -0.05) is 0 Å². The molecule has 0 bridgehead atoms. The number of hydrogen-bond donors (Lipinski definition) is 1. The Kier molecular flexibility index (Phi) is 8.78. The molecule has 1 unspecified atom stereocenters. The summed E-state index contributed by atoms with van der Waals surface area (Å²) in [6.07, 6.45) is 0.335. The van der Waals surface area contributed by atoms with E-state index < -0.39 is 0 Å². The second-order valence-electron chi connectivity index (χ2n) is 5.50. The van der Waals surface area contributed by atoms with Crippen LogP contribution in [0.5, 0.6) is 0 Å². The van der Waals surface area contributed by atoms with E-state index in [0.717, 1.165) is 6.54 Å². The van der Waals surface area contributed by atoms with Crippen LogP contribution in [0.2, 0.25) is 0 Å². The van der Waals surface area contributed by atoms with Gasteiger partial charge < -0.3 is 19.5 Å². The Labute approximate surface area is 106 Å². The zero-order chi connectivity index (χ0) is 13.3. The van der Waals surface area contributed by atoms with Gasteiger partial charge in [-0.25, -0.2) is 0 Å². The van der Waals surface area contributed by atoms with Gasteiger partial charge in [0.15, 0.2) is 0 Å². The first-order valence-corrected chi connectivity index (χ1v) is 6.32. The zero-order valence-electron chi connectivity index (χ0n) is 12.2. The Bertz CT molecular complexity index is 178. The van der Waals surface area contributed by atoms with Gasteiger partial charge in [0.05, 0.1) is 32.0 Å². The lowest BCUT2D eigenvalue weighted by atomic mass is 10.1. The van der Waals surface area contributed by atoms with Crippen molar-refractivity contribution in [3.8, 4) is 0 Å². The molecule has 0 spiro atoms. The van der Waals surface area contributed by atoms with Gasteiger partial charge in [0.25, 0.3) is 0 Å². The van der Waals surface area contributed by atoms with Crippen molar-refractivity contribution in [1.82, 2.24) is 5.32 Å². The number of ether oxygens (including phenoxy) is 3. The minimum Gasteiger partial charge on any atom is -0.382 e. The summed E-state index contributed by atoms with van der Waals surface area (Å²) in [5.41, 5.74) is 0.101. The molecule has 0 aromatic rings. The zero-order valence-corrected chi connectivity index (χ0v) is 12.2. The third kappa shape index (κ3) is 12.1. The number of methoxy groups -OCH3 is 1. The highest BCUT2D eigenvalue weighted by molar-refractivity contribution is 4.73. The van der Waals surface area contributed by atoms with E-state index in [2.05, 4.69) is 26.1 Å². The molecule has 0 aliphatic rings. The van der Waals surface area contributed by atoms with E-state index in [1.807, 2.05) is 13.8 Å². The normalized spacial score (nSPS) is 14.3. The fraction of sp³-hybridized carbons (Fsp3) is 1.00. The first-order valence-electron chi connectivity index (χ1n) is 6.32. The molecule has 17 heavy (non-hydrogen) atoms. The summed E-state index contributed by atoms with van der Waals surface area (Å²) in [4.78, 5) is 0. The summed E-state index contributed by atoms with van der Waals surface area (Å²) in [5, 5.41) is 3.41. The molecule has 0 rings (SSSR count). The highest BCUT2D eigenvalue weighted by Gasteiger charge is 2.14. The van der Waals surface area contributed by atoms with E-state index in [4.69, 9.17) is 14.2 Å². The van der Waals surface area contributed by atoms with Crippen LogP contribution >= 0.6 is 0 Å². The lowest BCUT2D eigenvalue weighted by molar-refractivity contribution is -0.0390. The van der Waals surface area contributed by atoms with Crippen LogP contribution in [0.15, 0.2) is 0 Å². The van der Waals surface area contributed by atoms with Gasteiger partial charge in [0.1, 0.15) is 0 Å². The maximum atomic E-state index is 5.72. The quantitative estimate of drug-likeness (QED) is 0.631. The highest BCUT2D eigenvalue weighted by atomic mass is 16.5. The molecule has 0 aliphatic carbocycles. The molecule has 0 heterocycles. The second kappa shape index (κ2) is 8.86. The molecule has 1 N–H and O–H groups in total. The summed E-state index contributed by atoms with van der Waals surface area (Å²) >= 11 is 0. The van der Waals surface area contributed by atoms with E-state index in [-0.39, 0.29) is 17.7 Å². The maximum Gasteiger partial charge on any atom is 0.0933 e. The summed E-state index contributed by atoms with van der Waals surface area (Å²) in [6, 6.07) is 0. The number of hydrogen-bond acceptors (Lipinski definition) is 4. The standard InChI is InChI=1S/C13H29NO3/c1-11(2)16-7-8-17-12(10-15-6)9-14-13(3,4)5/h11-12,14H,7-10H2,1-6H3. The second-order valence-corrected chi connectivity index (χ2v) is 5.50. The molecule has 0 aromatic heterocycles. The van der Waals surface area contributed by atoms with Crippen molar-refractivity contribution in [2.75, 3.05) is 33.5 Å². The monoisotopic (exact) mass is 247 g/mol. The number of rotatable bonds is 9. The van der Waals surface area contributed by atoms with E-state index in [1.165, 1.54) is 0 Å². The van der Waals surface area contributed by atoms with Crippen LogP contribution in [0.3, 0.4) is 0 Å². The smallest absolute Gasteiger partial charge is 0.0933 e. The molecule has 0 fully saturated rings. The third-order valence-electron chi connectivity index (χ3n) is 2.10. The minimum absolute atomic E-state index is 0.0787. The summed E-state index contributed by atoms with van der Waals surface area (Å²) < 4.78 is 16.3. The van der Waals surface area contributed by atoms with Crippen LogP contribution in [0, 0.1) is 0 Å². The Morgan fingerprint density at radius 1 is 1.06 bits per heavy atom. The Hall–Kier alpha value is -0.160. The van der Waals surface area contributed by atoms with Crippen LogP contribution in [-0.2, 0) is 14.2 Å². The lowest BCUT2D eigenvalue weighted by Gasteiger charge is -2.25. The fourth-order valence-electron chi connectivity index (χ4n) is 1.27. The average molecular weight is 247 g/mol. The van der Waals surface area contributed by atoms with Crippen LogP contribution in [0.4, 0.5) is 0 Å². The topological polar surface area (TPSA) is 39.7 Å². The average Bonchev–Trinajstić information content (AvgIpc) is 2.19. The fourth-order valence-corrected chi connectivity index (χ4v) is 1.27. The van der Waals surface area contributed by atoms with Gasteiger partial charge in [-0.2, -0.15) is 0 Å². The molecule has 0 aliphatic heterocycles. The van der Waals surface area contributed by atoms with Gasteiger partial charge in [0, 0.05) is 19.2 Å². The van der Waals surface area contributed by atoms with Crippen LogP contribution in [0.25, 0.3) is 0 Å². The molecule has 4 heteroatoms. The largest absolute Gasteiger partial charge is 0.382 e. The van der Waals surface area contributed by atoms with E-state index in [1.54, 1.807) is 7.11 Å². The molecule has 4 nitrogen and oxygen atoms in total. The highest BCUT2D eigenvalue weighted by Crippen LogP contribution is 2.01. The predicted octanol–water partition coefficient (Wildman–Crippen LogP) is 1.83. The molecule has 0 aromatic carbocycles. The van der Waals surface area contributed by atoms with Crippen LogP contribution in [0.1, 0.15) is 34.6 Å². The Morgan fingerprint density at radius 2 is 1.65 bits per heavy atom. The first kappa shape index (κ1) is 16.8. The SMILES string of the molecule is COCC(CNC(C)(C)C)OCCOC(C)C. The summed E-state index contributed by atoms with van der Waals surface area (Å²) in [7, 11) is 1.69. The molecule has 0 amide bonds. The van der Waals surface area contributed by atoms with Gasteiger partial charge in [0.2, 0.25) is 0 Å². The predicted molar refractivity (Wildman–Crippen MR) is 70.5 cm³/mol. The molecular weight excluding hydrogens is 218 g/mol. The molecule has 0 radical (unpaired) electrons. The Balaban J connectivity index is 3.74. The molecule has 104 valence electrons. The summed E-state index contributed by atoms with van der Waals surface area (Å²) in [5.74, 6) is 0. The van der Waals surface area contributed by atoms with E-state index >= 15 is 0 Å². The first-order chi connectivity index (χ1) is 7.85. The van der Waals surface area contributed by atoms with E-state index in [0.29, 0.717) is 19.8 Å². The van der Waals surface area contributed by atoms with Crippen molar-refractivity contribution in [3.05, 3.63) is 0 Å². The van der Waals surface area contributed by atoms with Crippen molar-refractivity contribution in [2.24, 2.45) is 0 Å². The van der Waals surface area contributed by atoms with Gasteiger partial charge >= 0.3 is 0 Å². The molecular formula is C13H29NO3. The van der Waals surface area contributed by atoms with Crippen LogP contribution < -0.4 is 5.32 Å². The molecule has 0 saturated heterocycles. The van der Waals surface area contributed by atoms with Crippen molar-refractivity contribution < 1.29 is 14.2 Å². The van der Waals surface area contributed by atoms with E-state index in [9.17, 15) is 0 Å². The third-order valence-corrected chi connectivity index (χ3v) is 2.10. The van der Waals surface area contributed by atoms with Crippen molar-refractivity contribution in [1.29, 1.82) is 0 Å².